The molecule has 1 aliphatic heterocycles. The molecule has 0 saturated heterocycles. The number of carbonyl (C=O) groups is 4. The number of furan rings is 1. The fourth-order valence-corrected chi connectivity index (χ4v) is 3.87. The lowest BCUT2D eigenvalue weighted by atomic mass is 10.0. The van der Waals surface area contributed by atoms with Gasteiger partial charge < -0.3 is 23.6 Å². The van der Waals surface area contributed by atoms with Gasteiger partial charge in [0.05, 0.1) is 29.5 Å². The number of carboxylic acids is 1. The van der Waals surface area contributed by atoms with Crippen molar-refractivity contribution in [1.29, 1.82) is 0 Å². The molecule has 1 N–H and O–H groups in total. The number of hydrogen-bond acceptors (Lipinski definition) is 7. The highest BCUT2D eigenvalue weighted by Crippen LogP contribution is 2.27. The van der Waals surface area contributed by atoms with Gasteiger partial charge in [-0.25, -0.2) is 9.59 Å². The number of aromatic carboxylic acids is 1. The highest BCUT2D eigenvalue weighted by molar-refractivity contribution is 6.22. The minimum Gasteiger partial charge on any atom is -0.477 e. The predicted molar refractivity (Wildman–Crippen MR) is 114 cm³/mol. The van der Waals surface area contributed by atoms with E-state index >= 15 is 0 Å². The lowest BCUT2D eigenvalue weighted by molar-refractivity contribution is -0.151. The normalized spacial score (nSPS) is 14.2. The molecule has 1 aromatic carbocycles. The zero-order valence-electron chi connectivity index (χ0n) is 18.0. The molecule has 3 heterocycles. The smallest absolute Gasteiger partial charge is 0.352 e. The van der Waals surface area contributed by atoms with E-state index in [1.165, 1.54) is 16.9 Å². The molecular weight excluding hydrogens is 432 g/mol. The maximum absolute atomic E-state index is 12.8. The van der Waals surface area contributed by atoms with Crippen molar-refractivity contribution in [3.05, 3.63) is 59.5 Å². The lowest BCUT2D eigenvalue weighted by Gasteiger charge is -2.27. The van der Waals surface area contributed by atoms with Crippen LogP contribution >= 0.6 is 0 Å². The van der Waals surface area contributed by atoms with E-state index in [1.807, 2.05) is 0 Å². The molecular formula is C23H22N2O8. The van der Waals surface area contributed by atoms with Crippen LogP contribution in [0.15, 0.2) is 47.1 Å². The molecule has 172 valence electrons. The van der Waals surface area contributed by atoms with Crippen LogP contribution in [-0.2, 0) is 21.0 Å². The van der Waals surface area contributed by atoms with E-state index in [-0.39, 0.29) is 42.7 Å². The Bertz CT molecular complexity index is 1200. The van der Waals surface area contributed by atoms with E-state index in [2.05, 4.69) is 0 Å². The van der Waals surface area contributed by atoms with Crippen LogP contribution in [0.25, 0.3) is 11.1 Å². The minimum absolute atomic E-state index is 0.00633. The number of imide groups is 1. The third-order valence-corrected chi connectivity index (χ3v) is 5.41. The second-order valence-electron chi connectivity index (χ2n) is 7.85. The number of hydrogen-bond donors (Lipinski definition) is 1. The van der Waals surface area contributed by atoms with Crippen LogP contribution in [0.3, 0.4) is 0 Å². The van der Waals surface area contributed by atoms with E-state index in [0.717, 1.165) is 4.90 Å². The molecule has 0 fully saturated rings. The summed E-state index contributed by atoms with van der Waals surface area (Å²) < 4.78 is 17.4. The molecule has 1 unspecified atom stereocenters. The Balaban J connectivity index is 1.36. The summed E-state index contributed by atoms with van der Waals surface area (Å²) in [7, 11) is 0. The monoisotopic (exact) mass is 454 g/mol. The third kappa shape index (κ3) is 4.00. The number of nitrogens with zero attached hydrogens (tertiary/aromatic N) is 2. The second kappa shape index (κ2) is 8.91. The van der Waals surface area contributed by atoms with E-state index in [4.69, 9.17) is 13.9 Å². The lowest BCUT2D eigenvalue weighted by Crippen LogP contribution is -2.48. The molecule has 1 atom stereocenters. The van der Waals surface area contributed by atoms with Crippen LogP contribution in [0, 0.1) is 5.92 Å². The van der Waals surface area contributed by atoms with Crippen LogP contribution in [0.4, 0.5) is 0 Å². The fraction of sp³-hybridized carbons (Fsp3) is 0.304. The number of amides is 2. The average Bonchev–Trinajstić information content (AvgIpc) is 3.43. The predicted octanol–water partition coefficient (Wildman–Crippen LogP) is 2.77. The van der Waals surface area contributed by atoms with Gasteiger partial charge in [0, 0.05) is 12.1 Å². The van der Waals surface area contributed by atoms with Gasteiger partial charge >= 0.3 is 11.9 Å². The number of carboxylic acid groups (broad SMARTS) is 1. The first-order chi connectivity index (χ1) is 15.8. The number of ether oxygens (including phenoxy) is 2. The number of rotatable bonds is 9. The minimum atomic E-state index is -1.13. The van der Waals surface area contributed by atoms with Crippen molar-refractivity contribution >= 4 is 34.9 Å². The Morgan fingerprint density at radius 2 is 1.73 bits per heavy atom. The molecule has 10 heteroatoms. The van der Waals surface area contributed by atoms with Gasteiger partial charge in [-0.1, -0.05) is 26.0 Å². The zero-order valence-corrected chi connectivity index (χ0v) is 18.0. The first-order valence-corrected chi connectivity index (χ1v) is 10.3. The van der Waals surface area contributed by atoms with Gasteiger partial charge in [0.15, 0.2) is 5.58 Å². The molecule has 33 heavy (non-hydrogen) atoms. The molecule has 2 aromatic heterocycles. The van der Waals surface area contributed by atoms with Crippen LogP contribution in [0.2, 0.25) is 0 Å². The molecule has 0 aliphatic carbocycles. The quantitative estimate of drug-likeness (QED) is 0.297. The van der Waals surface area contributed by atoms with Gasteiger partial charge in [-0.15, -0.1) is 0 Å². The molecule has 2 amide bonds. The number of aromatic nitrogens is 1. The number of fused-ring (bicyclic) bond motifs is 2. The van der Waals surface area contributed by atoms with Crippen LogP contribution in [0.5, 0.6) is 0 Å². The van der Waals surface area contributed by atoms with Crippen LogP contribution in [0.1, 0.15) is 45.1 Å². The van der Waals surface area contributed by atoms with Crippen molar-refractivity contribution in [2.24, 2.45) is 5.92 Å². The summed E-state index contributed by atoms with van der Waals surface area (Å²) in [5, 5.41) is 9.34. The maximum atomic E-state index is 12.8. The van der Waals surface area contributed by atoms with Crippen molar-refractivity contribution in [3.63, 3.8) is 0 Å². The topological polar surface area (TPSA) is 128 Å². The molecule has 0 spiro atoms. The van der Waals surface area contributed by atoms with Gasteiger partial charge in [-0.05, 0) is 18.1 Å². The van der Waals surface area contributed by atoms with Crippen molar-refractivity contribution < 1.29 is 38.2 Å². The van der Waals surface area contributed by atoms with Crippen molar-refractivity contribution in [2.75, 3.05) is 13.2 Å². The van der Waals surface area contributed by atoms with Crippen LogP contribution in [-0.4, -0.2) is 57.6 Å². The Hall–Kier alpha value is -3.92. The van der Waals surface area contributed by atoms with E-state index in [0.29, 0.717) is 11.1 Å². The zero-order chi connectivity index (χ0) is 23.7. The summed E-state index contributed by atoms with van der Waals surface area (Å²) in [6, 6.07) is 8.37. The van der Waals surface area contributed by atoms with Crippen molar-refractivity contribution in [1.82, 2.24) is 9.47 Å². The van der Waals surface area contributed by atoms with Gasteiger partial charge in [-0.2, -0.15) is 0 Å². The standard InChI is InChI=1S/C23H22N2O8/c1-13(2)19(25-20(26)14-5-3-4-6-15(14)21(25)27)23(30)33-10-9-31-12-24-16-7-8-32-18(16)11-17(24)22(28)29/h3-8,11,13,19H,9-10,12H2,1-2H3,(H,28,29). The largest absolute Gasteiger partial charge is 0.477 e. The van der Waals surface area contributed by atoms with Gasteiger partial charge in [-0.3, -0.25) is 14.5 Å². The summed E-state index contributed by atoms with van der Waals surface area (Å²) in [4.78, 5) is 50.6. The Labute approximate surface area is 188 Å². The highest BCUT2D eigenvalue weighted by atomic mass is 16.6. The molecule has 0 radical (unpaired) electrons. The maximum Gasteiger partial charge on any atom is 0.352 e. The summed E-state index contributed by atoms with van der Waals surface area (Å²) in [5.41, 5.74) is 1.51. The molecule has 10 nitrogen and oxygen atoms in total. The second-order valence-corrected chi connectivity index (χ2v) is 7.85. The Morgan fingerprint density at radius 1 is 1.06 bits per heavy atom. The van der Waals surface area contributed by atoms with E-state index in [1.54, 1.807) is 44.2 Å². The first-order valence-electron chi connectivity index (χ1n) is 10.3. The number of esters is 1. The molecule has 3 aromatic rings. The van der Waals surface area contributed by atoms with Gasteiger partial charge in [0.25, 0.3) is 11.8 Å². The fourth-order valence-electron chi connectivity index (χ4n) is 3.87. The summed E-state index contributed by atoms with van der Waals surface area (Å²) >= 11 is 0. The molecule has 0 saturated carbocycles. The van der Waals surface area contributed by atoms with E-state index < -0.39 is 29.8 Å². The highest BCUT2D eigenvalue weighted by Gasteiger charge is 2.44. The first kappa shape index (κ1) is 22.3. The van der Waals surface area contributed by atoms with E-state index in [9.17, 15) is 24.3 Å². The number of carbonyl (C=O) groups excluding carboxylic acids is 3. The molecule has 0 bridgehead atoms. The van der Waals surface area contributed by atoms with Crippen molar-refractivity contribution in [3.8, 4) is 0 Å². The Kier molecular flexibility index (Phi) is 6.01. The summed E-state index contributed by atoms with van der Waals surface area (Å²) in [5.74, 6) is -3.27. The third-order valence-electron chi connectivity index (χ3n) is 5.41. The van der Waals surface area contributed by atoms with Crippen molar-refractivity contribution in [2.45, 2.75) is 26.6 Å². The van der Waals surface area contributed by atoms with Gasteiger partial charge in [0.1, 0.15) is 25.1 Å². The average molecular weight is 454 g/mol. The summed E-state index contributed by atoms with van der Waals surface area (Å²) in [6.45, 7) is 3.20. The molecule has 4 rings (SSSR count). The SMILES string of the molecule is CC(C)C(C(=O)OCCOCn1c(C(=O)O)cc2occc21)N1C(=O)c2ccccc2C1=O. The Morgan fingerprint density at radius 3 is 2.33 bits per heavy atom. The molecule has 1 aliphatic rings. The van der Waals surface area contributed by atoms with Crippen LogP contribution < -0.4 is 0 Å². The van der Waals surface area contributed by atoms with Gasteiger partial charge in [0.2, 0.25) is 0 Å². The number of benzene rings is 1. The summed E-state index contributed by atoms with van der Waals surface area (Å²) in [6.07, 6.45) is 1.44.